The first-order chi connectivity index (χ1) is 11.9. The van der Waals surface area contributed by atoms with Crippen molar-refractivity contribution in [2.24, 2.45) is 0 Å². The van der Waals surface area contributed by atoms with E-state index < -0.39 is 10.0 Å². The van der Waals surface area contributed by atoms with Gasteiger partial charge >= 0.3 is 0 Å². The molecule has 0 spiro atoms. The van der Waals surface area contributed by atoms with E-state index in [4.69, 9.17) is 11.6 Å². The zero-order valence-corrected chi connectivity index (χ0v) is 15.4. The lowest BCUT2D eigenvalue weighted by Gasteiger charge is -2.34. The monoisotopic (exact) mass is 378 g/mol. The van der Waals surface area contributed by atoms with E-state index in [2.05, 4.69) is 0 Å². The van der Waals surface area contributed by atoms with Crippen molar-refractivity contribution < 1.29 is 13.2 Å². The fourth-order valence-electron chi connectivity index (χ4n) is 2.89. The number of nitrogens with zero attached hydrogens (tertiary/aromatic N) is 2. The van der Waals surface area contributed by atoms with Gasteiger partial charge in [-0.3, -0.25) is 4.79 Å². The second-order valence-electron chi connectivity index (χ2n) is 6.00. The summed E-state index contributed by atoms with van der Waals surface area (Å²) in [4.78, 5) is 14.4. The van der Waals surface area contributed by atoms with Gasteiger partial charge in [0.05, 0.1) is 5.02 Å². The number of hydrogen-bond acceptors (Lipinski definition) is 3. The molecule has 132 valence electrons. The van der Waals surface area contributed by atoms with E-state index in [1.807, 2.05) is 25.1 Å². The lowest BCUT2D eigenvalue weighted by atomic mass is 10.1. The third kappa shape index (κ3) is 3.71. The Bertz CT molecular complexity index is 891. The minimum absolute atomic E-state index is 0.0708. The second-order valence-corrected chi connectivity index (χ2v) is 8.31. The average Bonchev–Trinajstić information content (AvgIpc) is 2.61. The number of rotatable bonds is 3. The van der Waals surface area contributed by atoms with E-state index in [0.717, 1.165) is 5.56 Å². The lowest BCUT2D eigenvalue weighted by Crippen LogP contribution is -2.50. The van der Waals surface area contributed by atoms with Crippen molar-refractivity contribution in [3.8, 4) is 0 Å². The molecule has 1 fully saturated rings. The summed E-state index contributed by atoms with van der Waals surface area (Å²) in [6.45, 7) is 3.16. The fraction of sp³-hybridized carbons (Fsp3) is 0.278. The van der Waals surface area contributed by atoms with Gasteiger partial charge in [-0.05, 0) is 31.2 Å². The van der Waals surface area contributed by atoms with Crippen LogP contribution in [0.2, 0.25) is 5.02 Å². The molecule has 1 saturated heterocycles. The Hall–Kier alpha value is -1.89. The van der Waals surface area contributed by atoms with Crippen LogP contribution in [0, 0.1) is 6.92 Å². The molecule has 0 unspecified atom stereocenters. The quantitative estimate of drug-likeness (QED) is 0.825. The molecule has 7 heteroatoms. The molecule has 3 rings (SSSR count). The van der Waals surface area contributed by atoms with Crippen LogP contribution in [0.15, 0.2) is 53.4 Å². The third-order valence-corrected chi connectivity index (χ3v) is 6.64. The summed E-state index contributed by atoms with van der Waals surface area (Å²) in [5, 5.41) is 0.209. The Kier molecular flexibility index (Phi) is 5.13. The van der Waals surface area contributed by atoms with Crippen molar-refractivity contribution in [2.45, 2.75) is 11.8 Å². The number of benzene rings is 2. The van der Waals surface area contributed by atoms with Gasteiger partial charge in [-0.25, -0.2) is 8.42 Å². The van der Waals surface area contributed by atoms with Crippen LogP contribution in [0.25, 0.3) is 0 Å². The van der Waals surface area contributed by atoms with Crippen LogP contribution in [0.4, 0.5) is 0 Å². The Morgan fingerprint density at radius 3 is 2.32 bits per heavy atom. The summed E-state index contributed by atoms with van der Waals surface area (Å²) < 4.78 is 26.9. The predicted octanol–water partition coefficient (Wildman–Crippen LogP) is 2.80. The van der Waals surface area contributed by atoms with E-state index >= 15 is 0 Å². The number of aryl methyl sites for hydroxylation is 1. The summed E-state index contributed by atoms with van der Waals surface area (Å²) in [5.41, 5.74) is 1.65. The molecule has 0 aliphatic carbocycles. The van der Waals surface area contributed by atoms with Crippen LogP contribution < -0.4 is 0 Å². The van der Waals surface area contributed by atoms with E-state index in [1.165, 1.54) is 10.4 Å². The summed E-state index contributed by atoms with van der Waals surface area (Å²) in [6, 6.07) is 13.8. The maximum atomic E-state index is 12.7. The van der Waals surface area contributed by atoms with Crippen molar-refractivity contribution in [1.29, 1.82) is 0 Å². The van der Waals surface area contributed by atoms with E-state index in [-0.39, 0.29) is 28.9 Å². The number of carbonyl (C=O) groups excluding carboxylic acids is 1. The molecular weight excluding hydrogens is 360 g/mol. The molecule has 1 heterocycles. The molecule has 2 aromatic rings. The van der Waals surface area contributed by atoms with E-state index in [9.17, 15) is 13.2 Å². The van der Waals surface area contributed by atoms with Gasteiger partial charge in [-0.1, -0.05) is 41.4 Å². The number of piperazine rings is 1. The van der Waals surface area contributed by atoms with Crippen molar-refractivity contribution in [3.63, 3.8) is 0 Å². The minimum Gasteiger partial charge on any atom is -0.336 e. The first-order valence-corrected chi connectivity index (χ1v) is 9.82. The van der Waals surface area contributed by atoms with Crippen LogP contribution in [0.1, 0.15) is 15.9 Å². The van der Waals surface area contributed by atoms with Gasteiger partial charge < -0.3 is 4.90 Å². The number of halogens is 1. The fourth-order valence-corrected chi connectivity index (χ4v) is 4.80. The molecule has 0 radical (unpaired) electrons. The van der Waals surface area contributed by atoms with Gasteiger partial charge in [0.25, 0.3) is 5.91 Å². The maximum absolute atomic E-state index is 12.7. The van der Waals surface area contributed by atoms with Crippen LogP contribution in [0.3, 0.4) is 0 Å². The molecular formula is C18H19ClN2O3S. The van der Waals surface area contributed by atoms with Crippen LogP contribution in [0.5, 0.6) is 0 Å². The third-order valence-electron chi connectivity index (χ3n) is 4.25. The maximum Gasteiger partial charge on any atom is 0.253 e. The summed E-state index contributed by atoms with van der Waals surface area (Å²) in [6.07, 6.45) is 0. The van der Waals surface area contributed by atoms with E-state index in [1.54, 1.807) is 29.2 Å². The molecule has 0 saturated carbocycles. The Balaban J connectivity index is 1.72. The average molecular weight is 379 g/mol. The molecule has 1 aliphatic heterocycles. The topological polar surface area (TPSA) is 57.7 Å². The summed E-state index contributed by atoms with van der Waals surface area (Å²) >= 11 is 6.03. The largest absolute Gasteiger partial charge is 0.336 e. The molecule has 0 aromatic heterocycles. The van der Waals surface area contributed by atoms with Crippen LogP contribution in [-0.2, 0) is 10.0 Å². The zero-order chi connectivity index (χ0) is 18.0. The van der Waals surface area contributed by atoms with Gasteiger partial charge in [0.15, 0.2) is 0 Å². The molecule has 2 aromatic carbocycles. The highest BCUT2D eigenvalue weighted by atomic mass is 35.5. The van der Waals surface area contributed by atoms with Crippen molar-refractivity contribution in [3.05, 3.63) is 64.7 Å². The normalized spacial score (nSPS) is 16.0. The van der Waals surface area contributed by atoms with Crippen LogP contribution >= 0.6 is 11.6 Å². The molecule has 0 atom stereocenters. The number of amides is 1. The molecule has 0 N–H and O–H groups in total. The minimum atomic E-state index is -3.65. The predicted molar refractivity (Wildman–Crippen MR) is 97.3 cm³/mol. The first kappa shape index (κ1) is 17.9. The Morgan fingerprint density at radius 2 is 1.68 bits per heavy atom. The molecule has 25 heavy (non-hydrogen) atoms. The molecule has 0 bridgehead atoms. The van der Waals surface area contributed by atoms with Gasteiger partial charge in [-0.15, -0.1) is 0 Å². The SMILES string of the molecule is Cc1cccc(C(=O)N2CCN(S(=O)(=O)c3ccccc3Cl)CC2)c1. The molecule has 5 nitrogen and oxygen atoms in total. The second kappa shape index (κ2) is 7.15. The summed E-state index contributed by atoms with van der Waals surface area (Å²) in [5.74, 6) is -0.0708. The van der Waals surface area contributed by atoms with Gasteiger partial charge in [-0.2, -0.15) is 4.31 Å². The highest BCUT2D eigenvalue weighted by molar-refractivity contribution is 7.89. The number of sulfonamides is 1. The summed E-state index contributed by atoms with van der Waals surface area (Å²) in [7, 11) is -3.65. The lowest BCUT2D eigenvalue weighted by molar-refractivity contribution is 0.0698. The Morgan fingerprint density at radius 1 is 1.00 bits per heavy atom. The van der Waals surface area contributed by atoms with Crippen LogP contribution in [-0.4, -0.2) is 49.7 Å². The van der Waals surface area contributed by atoms with Gasteiger partial charge in [0.2, 0.25) is 10.0 Å². The first-order valence-electron chi connectivity index (χ1n) is 8.00. The number of hydrogen-bond donors (Lipinski definition) is 0. The van der Waals surface area contributed by atoms with E-state index in [0.29, 0.717) is 18.7 Å². The molecule has 1 aliphatic rings. The Labute approximate surface area is 152 Å². The standard InChI is InChI=1S/C18H19ClN2O3S/c1-14-5-4-6-15(13-14)18(22)20-9-11-21(12-10-20)25(23,24)17-8-3-2-7-16(17)19/h2-8,13H,9-12H2,1H3. The highest BCUT2D eigenvalue weighted by Crippen LogP contribution is 2.25. The van der Waals surface area contributed by atoms with Gasteiger partial charge in [0, 0.05) is 31.7 Å². The number of carbonyl (C=O) groups is 1. The smallest absolute Gasteiger partial charge is 0.253 e. The van der Waals surface area contributed by atoms with Crippen molar-refractivity contribution in [1.82, 2.24) is 9.21 Å². The van der Waals surface area contributed by atoms with Gasteiger partial charge in [0.1, 0.15) is 4.90 Å². The van der Waals surface area contributed by atoms with Crippen molar-refractivity contribution in [2.75, 3.05) is 26.2 Å². The molecule has 1 amide bonds. The zero-order valence-electron chi connectivity index (χ0n) is 13.9. The highest BCUT2D eigenvalue weighted by Gasteiger charge is 2.31. The van der Waals surface area contributed by atoms with Crippen molar-refractivity contribution >= 4 is 27.5 Å².